The van der Waals surface area contributed by atoms with Crippen LogP contribution in [-0.2, 0) is 27.1 Å². The number of rotatable bonds is 10. The molecule has 1 aromatic heterocycles. The van der Waals surface area contributed by atoms with Crippen LogP contribution in [0.25, 0.3) is 11.3 Å². The van der Waals surface area contributed by atoms with Crippen LogP contribution in [-0.4, -0.2) is 60.5 Å². The summed E-state index contributed by atoms with van der Waals surface area (Å²) in [6.07, 6.45) is 3.15. The Balaban J connectivity index is 1.30. The Labute approximate surface area is 199 Å². The van der Waals surface area contributed by atoms with Gasteiger partial charge in [0.15, 0.2) is 0 Å². The minimum Gasteiger partial charge on any atom is -0.497 e. The normalized spacial score (nSPS) is 20.8. The Hall–Kier alpha value is -2.79. The van der Waals surface area contributed by atoms with Crippen molar-refractivity contribution in [3.8, 4) is 17.0 Å². The zero-order chi connectivity index (χ0) is 24.0. The van der Waals surface area contributed by atoms with Gasteiger partial charge in [-0.1, -0.05) is 47.7 Å². The third kappa shape index (κ3) is 6.41. The number of aromatic nitrogens is 3. The zero-order valence-corrected chi connectivity index (χ0v) is 19.9. The lowest BCUT2D eigenvalue weighted by atomic mass is 9.98. The largest absolute Gasteiger partial charge is 0.497 e. The fourth-order valence-corrected chi connectivity index (χ4v) is 5.59. The maximum Gasteiger partial charge on any atom is 0.216 e. The van der Waals surface area contributed by atoms with Gasteiger partial charge >= 0.3 is 0 Å². The van der Waals surface area contributed by atoms with E-state index in [1.807, 2.05) is 48.7 Å². The highest BCUT2D eigenvalue weighted by Gasteiger charge is 2.33. The Bertz CT molecular complexity index is 1170. The molecule has 34 heavy (non-hydrogen) atoms. The molecule has 4 rings (SSSR count). The first-order valence-electron chi connectivity index (χ1n) is 11.3. The summed E-state index contributed by atoms with van der Waals surface area (Å²) >= 11 is 0. The van der Waals surface area contributed by atoms with Crippen molar-refractivity contribution in [1.82, 2.24) is 19.7 Å². The molecular weight excluding hydrogens is 456 g/mol. The van der Waals surface area contributed by atoms with Crippen LogP contribution < -0.4 is 9.46 Å². The number of nitrogens with zero attached hydrogens (tertiary/aromatic N) is 3. The summed E-state index contributed by atoms with van der Waals surface area (Å²) in [7, 11) is -1.93. The van der Waals surface area contributed by atoms with Crippen molar-refractivity contribution in [2.45, 2.75) is 49.8 Å². The fourth-order valence-electron chi connectivity index (χ4n) is 4.14. The number of nitrogens with one attached hydrogen (secondary N) is 1. The van der Waals surface area contributed by atoms with Crippen molar-refractivity contribution in [3.05, 3.63) is 66.4 Å². The summed E-state index contributed by atoms with van der Waals surface area (Å²) < 4.78 is 41.0. The highest BCUT2D eigenvalue weighted by molar-refractivity contribution is 7.88. The molecular formula is C24H30N4O5S. The van der Waals surface area contributed by atoms with E-state index in [4.69, 9.17) is 9.47 Å². The van der Waals surface area contributed by atoms with Crippen molar-refractivity contribution < 1.29 is 23.0 Å². The highest BCUT2D eigenvalue weighted by Crippen LogP contribution is 2.24. The second kappa shape index (κ2) is 11.1. The average Bonchev–Trinajstić information content (AvgIpc) is 3.33. The number of hydrogen-bond donors (Lipinski definition) is 2. The third-order valence-corrected chi connectivity index (χ3v) is 7.29. The summed E-state index contributed by atoms with van der Waals surface area (Å²) in [5, 5.41) is 18.3. The summed E-state index contributed by atoms with van der Waals surface area (Å²) in [6, 6.07) is 16.2. The predicted molar refractivity (Wildman–Crippen MR) is 128 cm³/mol. The Morgan fingerprint density at radius 2 is 2.00 bits per heavy atom. The molecule has 0 bridgehead atoms. The smallest absolute Gasteiger partial charge is 0.216 e. The van der Waals surface area contributed by atoms with Gasteiger partial charge in [-0.15, -0.1) is 5.10 Å². The molecule has 1 aliphatic rings. The van der Waals surface area contributed by atoms with Crippen LogP contribution in [0.5, 0.6) is 5.75 Å². The third-order valence-electron chi connectivity index (χ3n) is 5.91. The molecule has 10 heteroatoms. The van der Waals surface area contributed by atoms with Crippen LogP contribution >= 0.6 is 0 Å². The van der Waals surface area contributed by atoms with E-state index in [2.05, 4.69) is 15.0 Å². The first-order chi connectivity index (χ1) is 16.5. The van der Waals surface area contributed by atoms with Gasteiger partial charge in [0, 0.05) is 12.1 Å². The monoisotopic (exact) mass is 486 g/mol. The number of aliphatic hydroxyl groups is 1. The van der Waals surface area contributed by atoms with Crippen molar-refractivity contribution in [3.63, 3.8) is 0 Å². The van der Waals surface area contributed by atoms with Gasteiger partial charge in [-0.05, 0) is 37.0 Å². The molecule has 2 aromatic carbocycles. The van der Waals surface area contributed by atoms with Gasteiger partial charge < -0.3 is 14.6 Å². The minimum absolute atomic E-state index is 0.100. The number of sulfonamides is 1. The topological polar surface area (TPSA) is 116 Å². The predicted octanol–water partition coefficient (Wildman–Crippen LogP) is 2.37. The zero-order valence-electron chi connectivity index (χ0n) is 19.1. The molecule has 0 amide bonds. The van der Waals surface area contributed by atoms with Gasteiger partial charge in [0.2, 0.25) is 10.0 Å². The second-order valence-corrected chi connectivity index (χ2v) is 10.2. The van der Waals surface area contributed by atoms with E-state index in [9.17, 15) is 13.5 Å². The molecule has 9 nitrogen and oxygen atoms in total. The molecule has 0 unspecified atom stereocenters. The number of aliphatic hydroxyl groups excluding tert-OH is 1. The summed E-state index contributed by atoms with van der Waals surface area (Å²) in [5.74, 6) is 0.653. The standard InChI is InChI=1S/C24H30N4O5S/c1-32-21-9-5-8-19(14-21)23-15-28(27-25-23)13-12-20-10-11-22(24(16-29)33-20)26-34(30,31)17-18-6-3-2-4-7-18/h2-9,14-15,20,22,24,26,29H,10-13,16-17H2,1H3/t20-,22-,24-/m1/s1. The van der Waals surface area contributed by atoms with Crippen LogP contribution in [0.15, 0.2) is 60.8 Å². The molecule has 1 saturated heterocycles. The van der Waals surface area contributed by atoms with E-state index in [1.54, 1.807) is 23.9 Å². The second-order valence-electron chi connectivity index (χ2n) is 8.41. The van der Waals surface area contributed by atoms with E-state index in [-0.39, 0.29) is 18.5 Å². The van der Waals surface area contributed by atoms with Crippen LogP contribution in [0.1, 0.15) is 24.8 Å². The first kappa shape index (κ1) is 24.3. The summed E-state index contributed by atoms with van der Waals surface area (Å²) in [4.78, 5) is 0. The lowest BCUT2D eigenvalue weighted by Crippen LogP contribution is -2.51. The molecule has 1 fully saturated rings. The van der Waals surface area contributed by atoms with Gasteiger partial charge in [-0.25, -0.2) is 13.1 Å². The number of aryl methyl sites for hydroxylation is 1. The van der Waals surface area contributed by atoms with Crippen molar-refractivity contribution >= 4 is 10.0 Å². The molecule has 182 valence electrons. The van der Waals surface area contributed by atoms with Gasteiger partial charge in [-0.2, -0.15) is 0 Å². The van der Waals surface area contributed by atoms with Gasteiger partial charge in [-0.3, -0.25) is 4.68 Å². The van der Waals surface area contributed by atoms with E-state index < -0.39 is 22.2 Å². The van der Waals surface area contributed by atoms with Crippen LogP contribution in [0.4, 0.5) is 0 Å². The average molecular weight is 487 g/mol. The van der Waals surface area contributed by atoms with E-state index in [1.165, 1.54) is 0 Å². The van der Waals surface area contributed by atoms with Gasteiger partial charge in [0.25, 0.3) is 0 Å². The quantitative estimate of drug-likeness (QED) is 0.452. The van der Waals surface area contributed by atoms with Crippen molar-refractivity contribution in [2.24, 2.45) is 0 Å². The fraction of sp³-hybridized carbons (Fsp3) is 0.417. The van der Waals surface area contributed by atoms with E-state index in [0.29, 0.717) is 31.4 Å². The maximum atomic E-state index is 12.6. The minimum atomic E-state index is -3.55. The van der Waals surface area contributed by atoms with Crippen LogP contribution in [0.2, 0.25) is 0 Å². The molecule has 0 spiro atoms. The summed E-state index contributed by atoms with van der Waals surface area (Å²) in [6.45, 7) is 0.350. The van der Waals surface area contributed by atoms with Crippen LogP contribution in [0.3, 0.4) is 0 Å². The SMILES string of the molecule is COc1cccc(-c2cn(CC[C@H]3CC[C@@H](NS(=O)(=O)Cc4ccccc4)[C@@H](CO)O3)nn2)c1. The molecule has 0 radical (unpaired) electrons. The molecule has 2 heterocycles. The molecule has 0 saturated carbocycles. The molecule has 0 aliphatic carbocycles. The lowest BCUT2D eigenvalue weighted by molar-refractivity contribution is -0.0891. The van der Waals surface area contributed by atoms with E-state index >= 15 is 0 Å². The Morgan fingerprint density at radius 3 is 2.76 bits per heavy atom. The maximum absolute atomic E-state index is 12.6. The van der Waals surface area contributed by atoms with Crippen molar-refractivity contribution in [2.75, 3.05) is 13.7 Å². The Kier molecular flexibility index (Phi) is 7.94. The number of benzene rings is 2. The van der Waals surface area contributed by atoms with Gasteiger partial charge in [0.1, 0.15) is 11.4 Å². The lowest BCUT2D eigenvalue weighted by Gasteiger charge is -2.36. The Morgan fingerprint density at radius 1 is 1.18 bits per heavy atom. The first-order valence-corrected chi connectivity index (χ1v) is 13.0. The molecule has 2 N–H and O–H groups in total. The molecule has 1 aliphatic heterocycles. The van der Waals surface area contributed by atoms with Gasteiger partial charge in [0.05, 0.1) is 43.9 Å². The number of methoxy groups -OCH3 is 1. The summed E-state index contributed by atoms with van der Waals surface area (Å²) in [5.41, 5.74) is 2.39. The van der Waals surface area contributed by atoms with Crippen molar-refractivity contribution in [1.29, 1.82) is 0 Å². The van der Waals surface area contributed by atoms with E-state index in [0.717, 1.165) is 17.0 Å². The molecule has 3 aromatic rings. The molecule has 3 atom stereocenters. The number of hydrogen-bond acceptors (Lipinski definition) is 7. The highest BCUT2D eigenvalue weighted by atomic mass is 32.2. The number of ether oxygens (including phenoxy) is 2. The van der Waals surface area contributed by atoms with Crippen LogP contribution in [0, 0.1) is 0 Å².